The number of hydrogen-bond donors (Lipinski definition) is 1. The number of aryl methyl sites for hydroxylation is 1. The molecule has 10 heteroatoms. The molecule has 6 nitrogen and oxygen atoms in total. The Bertz CT molecular complexity index is 895. The summed E-state index contributed by atoms with van der Waals surface area (Å²) in [6.45, 7) is 1.42. The molecule has 0 fully saturated rings. The molecule has 0 saturated carbocycles. The molecular formula is C14H11F3N2O4S. The van der Waals surface area contributed by atoms with Gasteiger partial charge in [0.25, 0.3) is 15.7 Å². The van der Waals surface area contributed by atoms with E-state index in [9.17, 15) is 31.7 Å². The second-order valence-electron chi connectivity index (χ2n) is 4.89. The highest BCUT2D eigenvalue weighted by molar-refractivity contribution is 7.92. The van der Waals surface area contributed by atoms with Gasteiger partial charge in [-0.15, -0.1) is 0 Å². The second kappa shape index (κ2) is 6.11. The van der Waals surface area contributed by atoms with Gasteiger partial charge in [0.05, 0.1) is 15.4 Å². The van der Waals surface area contributed by atoms with Gasteiger partial charge in [0, 0.05) is 17.8 Å². The normalized spacial score (nSPS) is 12.0. The van der Waals surface area contributed by atoms with Gasteiger partial charge < -0.3 is 0 Å². The summed E-state index contributed by atoms with van der Waals surface area (Å²) in [7, 11) is -4.28. The first kappa shape index (κ1) is 17.7. The summed E-state index contributed by atoms with van der Waals surface area (Å²) in [6.07, 6.45) is -4.62. The second-order valence-corrected chi connectivity index (χ2v) is 6.54. The van der Waals surface area contributed by atoms with E-state index in [0.29, 0.717) is 6.07 Å². The lowest BCUT2D eigenvalue weighted by Gasteiger charge is -2.12. The molecule has 0 aliphatic carbocycles. The fourth-order valence-corrected chi connectivity index (χ4v) is 3.28. The zero-order valence-electron chi connectivity index (χ0n) is 12.2. The van der Waals surface area contributed by atoms with Gasteiger partial charge in [0.1, 0.15) is 0 Å². The lowest BCUT2D eigenvalue weighted by Crippen LogP contribution is -2.15. The Hall–Kier alpha value is -2.62. The van der Waals surface area contributed by atoms with E-state index in [4.69, 9.17) is 0 Å². The molecular weight excluding hydrogens is 349 g/mol. The van der Waals surface area contributed by atoms with E-state index in [-0.39, 0.29) is 16.1 Å². The Kier molecular flexibility index (Phi) is 4.52. The maximum absolute atomic E-state index is 12.7. The van der Waals surface area contributed by atoms with Crippen LogP contribution >= 0.6 is 0 Å². The van der Waals surface area contributed by atoms with Crippen molar-refractivity contribution in [3.8, 4) is 0 Å². The van der Waals surface area contributed by atoms with Crippen molar-refractivity contribution in [3.05, 3.63) is 63.7 Å². The minimum absolute atomic E-state index is 0.222. The number of rotatable bonds is 4. The molecule has 2 rings (SSSR count). The molecule has 24 heavy (non-hydrogen) atoms. The van der Waals surface area contributed by atoms with Crippen LogP contribution in [0, 0.1) is 17.0 Å². The van der Waals surface area contributed by atoms with Gasteiger partial charge in [-0.05, 0) is 30.7 Å². The fraction of sp³-hybridized carbons (Fsp3) is 0.143. The number of sulfonamides is 1. The standard InChI is InChI=1S/C14H11F3N2O4S/c1-9-5-6-12(19(20)21)8-13(9)24(22,23)18-11-4-2-3-10(7-11)14(15,16)17/h2-8,18H,1H3. The van der Waals surface area contributed by atoms with Crippen LogP contribution < -0.4 is 4.72 Å². The molecule has 1 N–H and O–H groups in total. The summed E-state index contributed by atoms with van der Waals surface area (Å²) >= 11 is 0. The average molecular weight is 360 g/mol. The Labute approximate surface area is 135 Å². The fourth-order valence-electron chi connectivity index (χ4n) is 1.96. The summed E-state index contributed by atoms with van der Waals surface area (Å²) < 4.78 is 64.7. The number of nitro benzene ring substituents is 1. The number of nitrogens with one attached hydrogen (secondary N) is 1. The number of nitrogens with zero attached hydrogens (tertiary/aromatic N) is 1. The molecule has 0 amide bonds. The third-order valence-corrected chi connectivity index (χ3v) is 4.64. The van der Waals surface area contributed by atoms with Crippen LogP contribution in [-0.4, -0.2) is 13.3 Å². The molecule has 128 valence electrons. The number of hydrogen-bond acceptors (Lipinski definition) is 4. The molecule has 0 radical (unpaired) electrons. The van der Waals surface area contributed by atoms with Crippen LogP contribution in [0.25, 0.3) is 0 Å². The van der Waals surface area contributed by atoms with Crippen molar-refractivity contribution >= 4 is 21.4 Å². The quantitative estimate of drug-likeness (QED) is 0.665. The van der Waals surface area contributed by atoms with Crippen molar-refractivity contribution < 1.29 is 26.5 Å². The largest absolute Gasteiger partial charge is 0.416 e. The van der Waals surface area contributed by atoms with Crippen LogP contribution in [0.3, 0.4) is 0 Å². The number of benzene rings is 2. The molecule has 0 aliphatic heterocycles. The van der Waals surface area contributed by atoms with Crippen molar-refractivity contribution in [2.24, 2.45) is 0 Å². The van der Waals surface area contributed by atoms with Gasteiger partial charge in [-0.2, -0.15) is 13.2 Å². The van der Waals surface area contributed by atoms with Gasteiger partial charge in [-0.1, -0.05) is 12.1 Å². The Morgan fingerprint density at radius 3 is 2.38 bits per heavy atom. The van der Waals surface area contributed by atoms with E-state index in [1.54, 1.807) is 0 Å². The minimum atomic E-state index is -4.62. The summed E-state index contributed by atoms with van der Waals surface area (Å²) in [5.41, 5.74) is -1.53. The first-order valence-electron chi connectivity index (χ1n) is 6.46. The maximum Gasteiger partial charge on any atom is 0.416 e. The van der Waals surface area contributed by atoms with E-state index in [1.807, 2.05) is 4.72 Å². The molecule has 0 bridgehead atoms. The first-order valence-corrected chi connectivity index (χ1v) is 7.94. The van der Waals surface area contributed by atoms with Crippen molar-refractivity contribution in [1.82, 2.24) is 0 Å². The Morgan fingerprint density at radius 1 is 1.12 bits per heavy atom. The molecule has 0 atom stereocenters. The molecule has 2 aromatic rings. The topological polar surface area (TPSA) is 89.3 Å². The number of alkyl halides is 3. The number of nitro groups is 1. The summed E-state index contributed by atoms with van der Waals surface area (Å²) in [5, 5.41) is 10.8. The van der Waals surface area contributed by atoms with Crippen LogP contribution in [-0.2, 0) is 16.2 Å². The SMILES string of the molecule is Cc1ccc([N+](=O)[O-])cc1S(=O)(=O)Nc1cccc(C(F)(F)F)c1. The van der Waals surface area contributed by atoms with Crippen LogP contribution in [0.5, 0.6) is 0 Å². The van der Waals surface area contributed by atoms with Gasteiger partial charge in [-0.3, -0.25) is 14.8 Å². The van der Waals surface area contributed by atoms with Gasteiger partial charge in [0.2, 0.25) is 0 Å². The van der Waals surface area contributed by atoms with Crippen LogP contribution in [0.4, 0.5) is 24.5 Å². The Morgan fingerprint density at radius 2 is 1.79 bits per heavy atom. The number of anilines is 1. The van der Waals surface area contributed by atoms with E-state index in [0.717, 1.165) is 30.3 Å². The highest BCUT2D eigenvalue weighted by atomic mass is 32.2. The lowest BCUT2D eigenvalue weighted by atomic mass is 10.2. The number of halogens is 3. The van der Waals surface area contributed by atoms with Gasteiger partial charge >= 0.3 is 6.18 Å². The highest BCUT2D eigenvalue weighted by Gasteiger charge is 2.31. The zero-order valence-corrected chi connectivity index (χ0v) is 13.0. The highest BCUT2D eigenvalue weighted by Crippen LogP contribution is 2.31. The molecule has 2 aromatic carbocycles. The average Bonchev–Trinajstić information content (AvgIpc) is 2.46. The van der Waals surface area contributed by atoms with E-state index < -0.39 is 32.4 Å². The molecule has 0 unspecified atom stereocenters. The van der Waals surface area contributed by atoms with Crippen molar-refractivity contribution in [3.63, 3.8) is 0 Å². The molecule has 0 spiro atoms. The summed E-state index contributed by atoms with van der Waals surface area (Å²) in [4.78, 5) is 9.63. The molecule has 0 saturated heterocycles. The Balaban J connectivity index is 2.43. The maximum atomic E-state index is 12.7. The third-order valence-electron chi connectivity index (χ3n) is 3.11. The van der Waals surface area contributed by atoms with Crippen LogP contribution in [0.2, 0.25) is 0 Å². The van der Waals surface area contributed by atoms with Gasteiger partial charge in [-0.25, -0.2) is 8.42 Å². The first-order chi connectivity index (χ1) is 11.0. The lowest BCUT2D eigenvalue weighted by molar-refractivity contribution is -0.385. The van der Waals surface area contributed by atoms with Crippen LogP contribution in [0.15, 0.2) is 47.4 Å². The predicted octanol–water partition coefficient (Wildman–Crippen LogP) is 3.72. The molecule has 0 aliphatic rings. The van der Waals surface area contributed by atoms with Crippen molar-refractivity contribution in [2.45, 2.75) is 18.0 Å². The third kappa shape index (κ3) is 3.82. The van der Waals surface area contributed by atoms with E-state index in [2.05, 4.69) is 0 Å². The van der Waals surface area contributed by atoms with E-state index >= 15 is 0 Å². The van der Waals surface area contributed by atoms with Crippen molar-refractivity contribution in [1.29, 1.82) is 0 Å². The smallest absolute Gasteiger partial charge is 0.280 e. The van der Waals surface area contributed by atoms with Crippen LogP contribution in [0.1, 0.15) is 11.1 Å². The molecule has 0 heterocycles. The van der Waals surface area contributed by atoms with Gasteiger partial charge in [0.15, 0.2) is 0 Å². The number of non-ortho nitro benzene ring substituents is 1. The zero-order chi connectivity index (χ0) is 18.1. The molecule has 0 aromatic heterocycles. The minimum Gasteiger partial charge on any atom is -0.280 e. The predicted molar refractivity (Wildman–Crippen MR) is 80.1 cm³/mol. The summed E-state index contributed by atoms with van der Waals surface area (Å²) in [5.74, 6) is 0. The summed E-state index contributed by atoms with van der Waals surface area (Å²) in [6, 6.07) is 6.89. The van der Waals surface area contributed by atoms with Crippen molar-refractivity contribution in [2.75, 3.05) is 4.72 Å². The monoisotopic (exact) mass is 360 g/mol. The van der Waals surface area contributed by atoms with E-state index in [1.165, 1.54) is 13.0 Å².